The number of carbonyl (C=O) groups is 1. The van der Waals surface area contributed by atoms with Gasteiger partial charge in [-0.3, -0.25) is 10.00 Å². The summed E-state index contributed by atoms with van der Waals surface area (Å²) in [6, 6.07) is 11.9. The molecular weight excluding hydrogens is 347 g/mol. The van der Waals surface area contributed by atoms with Crippen LogP contribution in [0.5, 0.6) is 5.75 Å². The molecule has 2 aromatic carbocycles. The Kier molecular flexibility index (Phi) is 4.50. The van der Waals surface area contributed by atoms with Crippen molar-refractivity contribution in [3.8, 4) is 16.9 Å². The van der Waals surface area contributed by atoms with Crippen LogP contribution >= 0.6 is 0 Å². The van der Waals surface area contributed by atoms with Gasteiger partial charge >= 0.3 is 6.03 Å². The molecule has 0 saturated carbocycles. The number of rotatable bonds is 5. The van der Waals surface area contributed by atoms with Crippen LogP contribution in [-0.4, -0.2) is 41.3 Å². The van der Waals surface area contributed by atoms with E-state index in [4.69, 9.17) is 4.74 Å². The highest BCUT2D eigenvalue weighted by Gasteiger charge is 2.31. The summed E-state index contributed by atoms with van der Waals surface area (Å²) >= 11 is 0. The van der Waals surface area contributed by atoms with E-state index in [-0.39, 0.29) is 11.8 Å². The highest BCUT2D eigenvalue weighted by atomic mass is 19.1. The van der Waals surface area contributed by atoms with Gasteiger partial charge in [-0.05, 0) is 35.4 Å². The molecule has 0 atom stereocenters. The van der Waals surface area contributed by atoms with Crippen LogP contribution in [0.25, 0.3) is 11.1 Å². The topological polar surface area (TPSA) is 61.5 Å². The zero-order valence-corrected chi connectivity index (χ0v) is 14.9. The molecule has 1 N–H and O–H groups in total. The number of halogens is 1. The first kappa shape index (κ1) is 17.1. The number of benzene rings is 2. The molecular formula is C20H19FN4O2. The number of ether oxygens (including phenoxy) is 1. The maximum absolute atomic E-state index is 13.4. The average Bonchev–Trinajstić information content (AvgIpc) is 3.32. The minimum absolute atomic E-state index is 0.117. The minimum atomic E-state index is -0.299. The zero-order chi connectivity index (χ0) is 18.8. The molecule has 1 aromatic heterocycles. The smallest absolute Gasteiger partial charge is 0.325 e. The first-order valence-electron chi connectivity index (χ1n) is 8.64. The average molecular weight is 366 g/mol. The lowest BCUT2D eigenvalue weighted by atomic mass is 10.1. The number of urea groups is 1. The van der Waals surface area contributed by atoms with Crippen molar-refractivity contribution in [3.05, 3.63) is 66.2 Å². The molecule has 1 aliphatic rings. The molecule has 6 nitrogen and oxygen atoms in total. The monoisotopic (exact) mass is 366 g/mol. The minimum Gasteiger partial charge on any atom is -0.495 e. The molecule has 0 spiro atoms. The van der Waals surface area contributed by atoms with Gasteiger partial charge < -0.3 is 9.64 Å². The molecule has 3 aromatic rings. The molecule has 4 rings (SSSR count). The SMILES string of the molecule is COc1cc(-c2cn[nH]c2)ccc1N1CCN(Cc2cccc(F)c2)C1=O. The summed E-state index contributed by atoms with van der Waals surface area (Å²) in [5.41, 5.74) is 3.39. The van der Waals surface area contributed by atoms with E-state index in [2.05, 4.69) is 10.2 Å². The van der Waals surface area contributed by atoms with Crippen LogP contribution in [0.2, 0.25) is 0 Å². The number of nitrogens with zero attached hydrogens (tertiary/aromatic N) is 3. The second-order valence-electron chi connectivity index (χ2n) is 6.36. The Morgan fingerprint density at radius 1 is 1.19 bits per heavy atom. The highest BCUT2D eigenvalue weighted by molar-refractivity contribution is 5.96. The van der Waals surface area contributed by atoms with E-state index < -0.39 is 0 Å². The Balaban J connectivity index is 1.56. The molecule has 2 amide bonds. The number of hydrogen-bond acceptors (Lipinski definition) is 3. The molecule has 27 heavy (non-hydrogen) atoms. The summed E-state index contributed by atoms with van der Waals surface area (Å²) in [5, 5.41) is 6.74. The molecule has 7 heteroatoms. The van der Waals surface area contributed by atoms with Crippen molar-refractivity contribution >= 4 is 11.7 Å². The van der Waals surface area contributed by atoms with Crippen LogP contribution in [0, 0.1) is 5.82 Å². The number of carbonyl (C=O) groups excluding carboxylic acids is 1. The lowest BCUT2D eigenvalue weighted by Gasteiger charge is -2.21. The number of H-pyrrole nitrogens is 1. The number of hydrogen-bond donors (Lipinski definition) is 1. The largest absolute Gasteiger partial charge is 0.495 e. The van der Waals surface area contributed by atoms with Crippen LogP contribution in [0.15, 0.2) is 54.9 Å². The number of methoxy groups -OCH3 is 1. The number of anilines is 1. The normalized spacial score (nSPS) is 14.1. The van der Waals surface area contributed by atoms with Crippen molar-refractivity contribution in [1.29, 1.82) is 0 Å². The molecule has 0 aliphatic carbocycles. The van der Waals surface area contributed by atoms with E-state index >= 15 is 0 Å². The fourth-order valence-corrected chi connectivity index (χ4v) is 3.30. The first-order chi connectivity index (χ1) is 13.2. The Bertz CT molecular complexity index is 958. The van der Waals surface area contributed by atoms with E-state index in [1.807, 2.05) is 24.3 Å². The summed E-state index contributed by atoms with van der Waals surface area (Å²) in [7, 11) is 1.59. The van der Waals surface area contributed by atoms with Gasteiger partial charge in [-0.15, -0.1) is 0 Å². The summed E-state index contributed by atoms with van der Waals surface area (Å²) < 4.78 is 18.9. The predicted octanol–water partition coefficient (Wildman–Crippen LogP) is 3.67. The van der Waals surface area contributed by atoms with Gasteiger partial charge in [0.2, 0.25) is 0 Å². The second-order valence-corrected chi connectivity index (χ2v) is 6.36. The third-order valence-corrected chi connectivity index (χ3v) is 4.66. The molecule has 0 unspecified atom stereocenters. The van der Waals surface area contributed by atoms with Gasteiger partial charge in [0.1, 0.15) is 11.6 Å². The number of amides is 2. The molecule has 0 radical (unpaired) electrons. The van der Waals surface area contributed by atoms with Gasteiger partial charge in [0, 0.05) is 31.4 Å². The summed E-state index contributed by atoms with van der Waals surface area (Å²) in [4.78, 5) is 16.3. The van der Waals surface area contributed by atoms with Crippen molar-refractivity contribution in [3.63, 3.8) is 0 Å². The maximum Gasteiger partial charge on any atom is 0.325 e. The molecule has 1 aliphatic heterocycles. The number of aromatic amines is 1. The Hall–Kier alpha value is -3.35. The molecule has 1 saturated heterocycles. The van der Waals surface area contributed by atoms with Gasteiger partial charge in [-0.25, -0.2) is 9.18 Å². The van der Waals surface area contributed by atoms with Gasteiger partial charge in [0.15, 0.2) is 0 Å². The summed E-state index contributed by atoms with van der Waals surface area (Å²) in [6.07, 6.45) is 3.53. The van der Waals surface area contributed by atoms with Crippen LogP contribution in [0.4, 0.5) is 14.9 Å². The third-order valence-electron chi connectivity index (χ3n) is 4.66. The van der Waals surface area contributed by atoms with E-state index in [1.165, 1.54) is 12.1 Å². The molecule has 0 bridgehead atoms. The van der Waals surface area contributed by atoms with Crippen molar-refractivity contribution in [2.45, 2.75) is 6.54 Å². The summed E-state index contributed by atoms with van der Waals surface area (Å²) in [5.74, 6) is 0.321. The van der Waals surface area contributed by atoms with Crippen LogP contribution in [-0.2, 0) is 6.54 Å². The zero-order valence-electron chi connectivity index (χ0n) is 14.9. The number of nitrogens with one attached hydrogen (secondary N) is 1. The van der Waals surface area contributed by atoms with E-state index in [9.17, 15) is 9.18 Å². The van der Waals surface area contributed by atoms with Gasteiger partial charge in [-0.1, -0.05) is 18.2 Å². The number of aromatic nitrogens is 2. The molecule has 1 fully saturated rings. The lowest BCUT2D eigenvalue weighted by Crippen LogP contribution is -2.31. The highest BCUT2D eigenvalue weighted by Crippen LogP contribution is 2.35. The fraction of sp³-hybridized carbons (Fsp3) is 0.200. The predicted molar refractivity (Wildman–Crippen MR) is 100 cm³/mol. The summed E-state index contributed by atoms with van der Waals surface area (Å²) in [6.45, 7) is 1.50. The quantitative estimate of drug-likeness (QED) is 0.749. The van der Waals surface area contributed by atoms with Crippen LogP contribution < -0.4 is 9.64 Å². The Morgan fingerprint density at radius 3 is 2.81 bits per heavy atom. The molecule has 2 heterocycles. The van der Waals surface area contributed by atoms with Crippen LogP contribution in [0.3, 0.4) is 0 Å². The van der Waals surface area contributed by atoms with Crippen molar-refractivity contribution < 1.29 is 13.9 Å². The molecule has 138 valence electrons. The van der Waals surface area contributed by atoms with Crippen molar-refractivity contribution in [1.82, 2.24) is 15.1 Å². The lowest BCUT2D eigenvalue weighted by molar-refractivity contribution is 0.218. The van der Waals surface area contributed by atoms with Gasteiger partial charge in [-0.2, -0.15) is 5.10 Å². The Labute approximate surface area is 156 Å². The Morgan fingerprint density at radius 2 is 2.07 bits per heavy atom. The van der Waals surface area contributed by atoms with E-state index in [1.54, 1.807) is 35.4 Å². The van der Waals surface area contributed by atoms with Crippen molar-refractivity contribution in [2.24, 2.45) is 0 Å². The van der Waals surface area contributed by atoms with E-state index in [0.717, 1.165) is 22.4 Å². The maximum atomic E-state index is 13.4. The van der Waals surface area contributed by atoms with Gasteiger partial charge in [0.05, 0.1) is 19.0 Å². The first-order valence-corrected chi connectivity index (χ1v) is 8.64. The second kappa shape index (κ2) is 7.11. The standard InChI is InChI=1S/C20H19FN4O2/c1-27-19-10-15(16-11-22-23-12-16)5-6-18(19)25-8-7-24(20(25)26)13-14-3-2-4-17(21)9-14/h2-6,9-12H,7-8,13H2,1H3,(H,22,23). The van der Waals surface area contributed by atoms with Crippen molar-refractivity contribution in [2.75, 3.05) is 25.1 Å². The van der Waals surface area contributed by atoms with E-state index in [0.29, 0.717) is 25.4 Å². The van der Waals surface area contributed by atoms with Crippen LogP contribution in [0.1, 0.15) is 5.56 Å². The fourth-order valence-electron chi connectivity index (χ4n) is 3.30. The van der Waals surface area contributed by atoms with Gasteiger partial charge in [0.25, 0.3) is 0 Å². The third kappa shape index (κ3) is 3.36.